The Labute approximate surface area is 108 Å². The van der Waals surface area contributed by atoms with Crippen LogP contribution in [0.3, 0.4) is 0 Å². The maximum atomic E-state index is 5.69. The minimum Gasteiger partial charge on any atom is -0.439 e. The molecule has 0 saturated carbocycles. The third-order valence-corrected chi connectivity index (χ3v) is 3.17. The van der Waals surface area contributed by atoms with Gasteiger partial charge >= 0.3 is 0 Å². The Bertz CT molecular complexity index is 464. The number of nitrogens with zero attached hydrogens (tertiary/aromatic N) is 1. The smallest absolute Gasteiger partial charge is 0.211 e. The Hall–Kier alpha value is -0.880. The summed E-state index contributed by atoms with van der Waals surface area (Å²) in [5.74, 6) is 1.53. The molecule has 1 N–H and O–H groups in total. The minimum atomic E-state index is 0.137. The van der Waals surface area contributed by atoms with E-state index >= 15 is 0 Å². The number of oxazole rings is 1. The molecular formula is C12H13IN2O. The molecule has 0 aliphatic rings. The van der Waals surface area contributed by atoms with Crippen molar-refractivity contribution in [3.63, 3.8) is 0 Å². The Morgan fingerprint density at radius 2 is 2.00 bits per heavy atom. The van der Waals surface area contributed by atoms with Crippen molar-refractivity contribution < 1.29 is 4.42 Å². The summed E-state index contributed by atoms with van der Waals surface area (Å²) in [5.41, 5.74) is 1.06. The molecular weight excluding hydrogens is 315 g/mol. The zero-order chi connectivity index (χ0) is 11.5. The van der Waals surface area contributed by atoms with Gasteiger partial charge in [0.25, 0.3) is 0 Å². The number of halogens is 1. The van der Waals surface area contributed by atoms with Crippen LogP contribution in [0.15, 0.2) is 34.9 Å². The first kappa shape index (κ1) is 11.6. The maximum Gasteiger partial charge on any atom is 0.211 e. The largest absolute Gasteiger partial charge is 0.439 e. The molecule has 1 heterocycles. The molecule has 0 bridgehead atoms. The molecule has 3 nitrogen and oxygen atoms in total. The van der Waals surface area contributed by atoms with Gasteiger partial charge in [0.05, 0.1) is 12.2 Å². The molecule has 0 aliphatic heterocycles. The highest BCUT2D eigenvalue weighted by Gasteiger charge is 2.11. The van der Waals surface area contributed by atoms with Crippen LogP contribution in [0.25, 0.3) is 11.3 Å². The lowest BCUT2D eigenvalue weighted by molar-refractivity contribution is 0.441. The SMILES string of the molecule is CNC(C)c1ncc(-c2ccc(I)cc2)o1. The van der Waals surface area contributed by atoms with Crippen molar-refractivity contribution in [2.75, 3.05) is 7.05 Å². The molecule has 2 rings (SSSR count). The quantitative estimate of drug-likeness (QED) is 0.879. The van der Waals surface area contributed by atoms with Crippen molar-refractivity contribution in [2.45, 2.75) is 13.0 Å². The highest BCUT2D eigenvalue weighted by atomic mass is 127. The molecule has 0 fully saturated rings. The van der Waals surface area contributed by atoms with Crippen LogP contribution in [0.4, 0.5) is 0 Å². The Balaban J connectivity index is 2.28. The molecule has 2 aromatic rings. The lowest BCUT2D eigenvalue weighted by Crippen LogP contribution is -2.12. The van der Waals surface area contributed by atoms with Crippen LogP contribution in [-0.4, -0.2) is 12.0 Å². The molecule has 0 saturated heterocycles. The number of hydrogen-bond donors (Lipinski definition) is 1. The van der Waals surface area contributed by atoms with E-state index in [4.69, 9.17) is 4.42 Å². The first-order chi connectivity index (χ1) is 7.70. The van der Waals surface area contributed by atoms with Gasteiger partial charge in [-0.3, -0.25) is 0 Å². The molecule has 84 valence electrons. The Morgan fingerprint density at radius 1 is 1.31 bits per heavy atom. The number of aromatic nitrogens is 1. The van der Waals surface area contributed by atoms with Crippen LogP contribution in [0.2, 0.25) is 0 Å². The summed E-state index contributed by atoms with van der Waals surface area (Å²) < 4.78 is 6.90. The van der Waals surface area contributed by atoms with Crippen LogP contribution in [-0.2, 0) is 0 Å². The van der Waals surface area contributed by atoms with E-state index < -0.39 is 0 Å². The van der Waals surface area contributed by atoms with E-state index in [2.05, 4.69) is 45.0 Å². The minimum absolute atomic E-state index is 0.137. The number of nitrogens with one attached hydrogen (secondary N) is 1. The van der Waals surface area contributed by atoms with E-state index in [0.717, 1.165) is 17.2 Å². The van der Waals surface area contributed by atoms with Gasteiger partial charge in [0.1, 0.15) is 0 Å². The van der Waals surface area contributed by atoms with Gasteiger partial charge in [0, 0.05) is 9.13 Å². The zero-order valence-corrected chi connectivity index (χ0v) is 11.4. The van der Waals surface area contributed by atoms with E-state index in [-0.39, 0.29) is 6.04 Å². The van der Waals surface area contributed by atoms with Crippen molar-refractivity contribution in [3.05, 3.63) is 39.9 Å². The van der Waals surface area contributed by atoms with Gasteiger partial charge in [-0.1, -0.05) is 12.1 Å². The second-order valence-corrected chi connectivity index (χ2v) is 4.83. The number of hydrogen-bond acceptors (Lipinski definition) is 3. The Morgan fingerprint density at radius 3 is 2.62 bits per heavy atom. The fraction of sp³-hybridized carbons (Fsp3) is 0.250. The maximum absolute atomic E-state index is 5.69. The van der Waals surface area contributed by atoms with Crippen LogP contribution < -0.4 is 5.32 Å². The zero-order valence-electron chi connectivity index (χ0n) is 9.20. The average molecular weight is 328 g/mol. The van der Waals surface area contributed by atoms with Crippen LogP contribution in [0, 0.1) is 3.57 Å². The summed E-state index contributed by atoms with van der Waals surface area (Å²) in [6.07, 6.45) is 1.77. The van der Waals surface area contributed by atoms with E-state index in [1.165, 1.54) is 3.57 Å². The summed E-state index contributed by atoms with van der Waals surface area (Å²) in [6.45, 7) is 2.02. The van der Waals surface area contributed by atoms with Crippen molar-refractivity contribution in [1.82, 2.24) is 10.3 Å². The predicted octanol–water partition coefficient (Wildman–Crippen LogP) is 3.23. The molecule has 16 heavy (non-hydrogen) atoms. The summed E-state index contributed by atoms with van der Waals surface area (Å²) in [4.78, 5) is 4.25. The fourth-order valence-corrected chi connectivity index (χ4v) is 1.72. The van der Waals surface area contributed by atoms with Crippen molar-refractivity contribution in [1.29, 1.82) is 0 Å². The van der Waals surface area contributed by atoms with Crippen LogP contribution in [0.1, 0.15) is 18.9 Å². The molecule has 0 radical (unpaired) electrons. The molecule has 1 atom stereocenters. The van der Waals surface area contributed by atoms with E-state index in [9.17, 15) is 0 Å². The molecule has 1 aromatic carbocycles. The lowest BCUT2D eigenvalue weighted by Gasteiger charge is -2.03. The summed E-state index contributed by atoms with van der Waals surface area (Å²) in [5, 5.41) is 3.10. The standard InChI is InChI=1S/C12H13IN2O/c1-8(14-2)12-15-7-11(16-12)9-3-5-10(13)6-4-9/h3-8,14H,1-2H3. The molecule has 0 amide bonds. The average Bonchev–Trinajstić information content (AvgIpc) is 2.78. The topological polar surface area (TPSA) is 38.1 Å². The summed E-state index contributed by atoms with van der Waals surface area (Å²) in [7, 11) is 1.89. The van der Waals surface area contributed by atoms with Gasteiger partial charge in [0.15, 0.2) is 5.76 Å². The lowest BCUT2D eigenvalue weighted by atomic mass is 10.2. The Kier molecular flexibility index (Phi) is 3.60. The van der Waals surface area contributed by atoms with Crippen LogP contribution >= 0.6 is 22.6 Å². The monoisotopic (exact) mass is 328 g/mol. The highest BCUT2D eigenvalue weighted by Crippen LogP contribution is 2.23. The summed E-state index contributed by atoms with van der Waals surface area (Å²) >= 11 is 2.28. The van der Waals surface area contributed by atoms with E-state index in [1.807, 2.05) is 26.1 Å². The molecule has 0 spiro atoms. The first-order valence-electron chi connectivity index (χ1n) is 5.09. The van der Waals surface area contributed by atoms with Gasteiger partial charge in [0.2, 0.25) is 5.89 Å². The van der Waals surface area contributed by atoms with Crippen molar-refractivity contribution in [3.8, 4) is 11.3 Å². The van der Waals surface area contributed by atoms with E-state index in [1.54, 1.807) is 6.20 Å². The summed E-state index contributed by atoms with van der Waals surface area (Å²) in [6, 6.07) is 8.32. The number of benzene rings is 1. The molecule has 1 unspecified atom stereocenters. The fourth-order valence-electron chi connectivity index (χ4n) is 1.36. The molecule has 0 aliphatic carbocycles. The highest BCUT2D eigenvalue weighted by molar-refractivity contribution is 14.1. The van der Waals surface area contributed by atoms with E-state index in [0.29, 0.717) is 0 Å². The van der Waals surface area contributed by atoms with Gasteiger partial charge < -0.3 is 9.73 Å². The third kappa shape index (κ3) is 2.44. The van der Waals surface area contributed by atoms with Crippen molar-refractivity contribution in [2.24, 2.45) is 0 Å². The third-order valence-electron chi connectivity index (χ3n) is 2.46. The van der Waals surface area contributed by atoms with Gasteiger partial charge in [-0.2, -0.15) is 0 Å². The first-order valence-corrected chi connectivity index (χ1v) is 6.17. The van der Waals surface area contributed by atoms with Gasteiger partial charge in [-0.15, -0.1) is 0 Å². The van der Waals surface area contributed by atoms with Crippen molar-refractivity contribution >= 4 is 22.6 Å². The second-order valence-electron chi connectivity index (χ2n) is 3.58. The van der Waals surface area contributed by atoms with Crippen LogP contribution in [0.5, 0.6) is 0 Å². The normalized spacial score (nSPS) is 12.7. The van der Waals surface area contributed by atoms with Gasteiger partial charge in [-0.05, 0) is 48.7 Å². The molecule has 4 heteroatoms. The second kappa shape index (κ2) is 4.97. The van der Waals surface area contributed by atoms with Gasteiger partial charge in [-0.25, -0.2) is 4.98 Å². The predicted molar refractivity (Wildman–Crippen MR) is 72.1 cm³/mol. The number of rotatable bonds is 3. The molecule has 1 aromatic heterocycles.